The van der Waals surface area contributed by atoms with E-state index in [2.05, 4.69) is 243 Å². The zero-order chi connectivity index (χ0) is 40.2. The molecule has 284 valence electrons. The predicted molar refractivity (Wildman–Crippen MR) is 255 cm³/mol. The number of anilines is 3. The second kappa shape index (κ2) is 14.4. The first-order chi connectivity index (χ1) is 29.5. The quantitative estimate of drug-likeness (QED) is 0.156. The van der Waals surface area contributed by atoms with Gasteiger partial charge in [-0.25, -0.2) is 0 Å². The summed E-state index contributed by atoms with van der Waals surface area (Å²) in [7, 11) is 0. The fourth-order valence-electron chi connectivity index (χ4n) is 9.76. The van der Waals surface area contributed by atoms with Gasteiger partial charge in [-0.05, 0) is 108 Å². The van der Waals surface area contributed by atoms with Gasteiger partial charge >= 0.3 is 0 Å². The van der Waals surface area contributed by atoms with Gasteiger partial charge in [0.25, 0.3) is 0 Å². The van der Waals surface area contributed by atoms with E-state index in [1.165, 1.54) is 94.0 Å². The highest BCUT2D eigenvalue weighted by molar-refractivity contribution is 6.11. The van der Waals surface area contributed by atoms with Crippen LogP contribution in [0, 0.1) is 0 Å². The molecule has 0 aromatic heterocycles. The molecule has 0 atom stereocenters. The normalized spacial score (nSPS) is 12.6. The summed E-state index contributed by atoms with van der Waals surface area (Å²) in [5.74, 6) is 0. The molecular formula is C59H43N. The van der Waals surface area contributed by atoms with Crippen LogP contribution in [0.25, 0.3) is 77.2 Å². The third-order valence-corrected chi connectivity index (χ3v) is 12.7. The Morgan fingerprint density at radius 3 is 1.63 bits per heavy atom. The molecule has 0 bridgehead atoms. The lowest BCUT2D eigenvalue weighted by atomic mass is 9.82. The second-order valence-corrected chi connectivity index (χ2v) is 16.5. The lowest BCUT2D eigenvalue weighted by Gasteiger charge is -2.31. The van der Waals surface area contributed by atoms with Crippen LogP contribution in [0.15, 0.2) is 224 Å². The van der Waals surface area contributed by atoms with Crippen molar-refractivity contribution in [3.05, 3.63) is 236 Å². The maximum Gasteiger partial charge on any atom is 0.0543 e. The van der Waals surface area contributed by atoms with Gasteiger partial charge < -0.3 is 4.90 Å². The number of hydrogen-bond donors (Lipinski definition) is 0. The third kappa shape index (κ3) is 5.85. The Hall–Kier alpha value is -7.48. The van der Waals surface area contributed by atoms with Gasteiger partial charge in [0.2, 0.25) is 0 Å². The number of para-hydroxylation sites is 1. The van der Waals surface area contributed by atoms with Crippen LogP contribution < -0.4 is 4.90 Å². The standard InChI is InChI=1S/C59H43N/c1-59(2)52-30-16-32-55(58(52)57-49-26-10-9-21-43(49)35-38-53(57)59)60(47-36-33-41(34-37-47)46-25-13-24-45(39-46)40-17-5-3-6-18-40)54-31-12-11-27-50(54)51-29-15-23-44-22-14-28-48(56(44)51)42-19-7-4-8-20-42/h3-39H,1-2H3. The minimum absolute atomic E-state index is 0.177. The first kappa shape index (κ1) is 35.7. The van der Waals surface area contributed by atoms with Crippen molar-refractivity contribution >= 4 is 38.6 Å². The number of fused-ring (bicyclic) bond motifs is 6. The van der Waals surface area contributed by atoms with E-state index in [0.717, 1.165) is 11.4 Å². The number of rotatable bonds is 7. The molecule has 0 saturated carbocycles. The molecule has 0 heterocycles. The summed E-state index contributed by atoms with van der Waals surface area (Å²) in [4.78, 5) is 2.52. The summed E-state index contributed by atoms with van der Waals surface area (Å²) in [6.07, 6.45) is 0. The molecule has 1 aliphatic carbocycles. The first-order valence-electron chi connectivity index (χ1n) is 20.9. The van der Waals surface area contributed by atoms with Crippen molar-refractivity contribution in [1.82, 2.24) is 0 Å². The molecule has 10 aromatic carbocycles. The largest absolute Gasteiger partial charge is 0.309 e. The molecule has 1 heteroatoms. The van der Waals surface area contributed by atoms with Crippen molar-refractivity contribution in [3.8, 4) is 55.6 Å². The molecular weight excluding hydrogens is 723 g/mol. The molecule has 0 unspecified atom stereocenters. The van der Waals surface area contributed by atoms with Crippen molar-refractivity contribution in [2.45, 2.75) is 19.3 Å². The van der Waals surface area contributed by atoms with Gasteiger partial charge in [-0.3, -0.25) is 0 Å². The van der Waals surface area contributed by atoms with Crippen LogP contribution in [0.4, 0.5) is 17.1 Å². The molecule has 1 nitrogen and oxygen atoms in total. The third-order valence-electron chi connectivity index (χ3n) is 12.7. The molecule has 0 saturated heterocycles. The number of benzene rings is 10. The molecule has 1 aliphatic rings. The smallest absolute Gasteiger partial charge is 0.0543 e. The first-order valence-corrected chi connectivity index (χ1v) is 20.9. The minimum atomic E-state index is -0.177. The Morgan fingerprint density at radius 2 is 0.867 bits per heavy atom. The zero-order valence-corrected chi connectivity index (χ0v) is 33.8. The lowest BCUT2D eigenvalue weighted by Crippen LogP contribution is -2.16. The zero-order valence-electron chi connectivity index (χ0n) is 33.8. The van der Waals surface area contributed by atoms with Crippen LogP contribution in [0.1, 0.15) is 25.0 Å². The van der Waals surface area contributed by atoms with Crippen molar-refractivity contribution in [2.24, 2.45) is 0 Å². The Kier molecular flexibility index (Phi) is 8.57. The van der Waals surface area contributed by atoms with E-state index in [1.807, 2.05) is 0 Å². The monoisotopic (exact) mass is 765 g/mol. The fraction of sp³-hybridized carbons (Fsp3) is 0.0508. The van der Waals surface area contributed by atoms with E-state index in [9.17, 15) is 0 Å². The molecule has 10 aromatic rings. The van der Waals surface area contributed by atoms with Crippen molar-refractivity contribution < 1.29 is 0 Å². The maximum absolute atomic E-state index is 2.52. The molecule has 0 amide bonds. The molecule has 0 spiro atoms. The SMILES string of the molecule is CC1(C)c2cccc(N(c3ccc(-c4cccc(-c5ccccc5)c4)cc3)c3ccccc3-c3cccc4cccc(-c5ccccc5)c34)c2-c2c1ccc1ccccc21. The highest BCUT2D eigenvalue weighted by atomic mass is 15.1. The van der Waals surface area contributed by atoms with Crippen molar-refractivity contribution in [1.29, 1.82) is 0 Å². The molecule has 0 N–H and O–H groups in total. The van der Waals surface area contributed by atoms with Gasteiger partial charge in [-0.2, -0.15) is 0 Å². The van der Waals surface area contributed by atoms with Gasteiger partial charge in [0, 0.05) is 22.2 Å². The van der Waals surface area contributed by atoms with Gasteiger partial charge in [-0.15, -0.1) is 0 Å². The molecule has 0 radical (unpaired) electrons. The average Bonchev–Trinajstić information content (AvgIpc) is 3.56. The van der Waals surface area contributed by atoms with E-state index in [0.29, 0.717) is 0 Å². The maximum atomic E-state index is 2.52. The van der Waals surface area contributed by atoms with E-state index in [1.54, 1.807) is 0 Å². The molecule has 60 heavy (non-hydrogen) atoms. The molecule has 11 rings (SSSR count). The Morgan fingerprint density at radius 1 is 0.333 bits per heavy atom. The van der Waals surface area contributed by atoms with Gasteiger partial charge in [0.15, 0.2) is 0 Å². The van der Waals surface area contributed by atoms with Crippen LogP contribution in [-0.2, 0) is 5.41 Å². The van der Waals surface area contributed by atoms with Crippen LogP contribution in [-0.4, -0.2) is 0 Å². The van der Waals surface area contributed by atoms with Gasteiger partial charge in [-0.1, -0.05) is 208 Å². The predicted octanol–water partition coefficient (Wildman–Crippen LogP) is 16.4. The summed E-state index contributed by atoms with van der Waals surface area (Å²) in [6, 6.07) is 82.4. The van der Waals surface area contributed by atoms with E-state index < -0.39 is 0 Å². The number of nitrogens with zero attached hydrogens (tertiary/aromatic N) is 1. The molecule has 0 aliphatic heterocycles. The highest BCUT2D eigenvalue weighted by Crippen LogP contribution is 2.57. The number of hydrogen-bond acceptors (Lipinski definition) is 1. The van der Waals surface area contributed by atoms with Crippen molar-refractivity contribution in [2.75, 3.05) is 4.90 Å². The summed E-state index contributed by atoms with van der Waals surface area (Å²) >= 11 is 0. The summed E-state index contributed by atoms with van der Waals surface area (Å²) in [5.41, 5.74) is 18.2. The van der Waals surface area contributed by atoms with Crippen LogP contribution in [0.2, 0.25) is 0 Å². The summed E-state index contributed by atoms with van der Waals surface area (Å²) < 4.78 is 0. The minimum Gasteiger partial charge on any atom is -0.309 e. The second-order valence-electron chi connectivity index (χ2n) is 16.5. The molecule has 0 fully saturated rings. The lowest BCUT2D eigenvalue weighted by molar-refractivity contribution is 0.661. The summed E-state index contributed by atoms with van der Waals surface area (Å²) in [6.45, 7) is 4.77. The van der Waals surface area contributed by atoms with Gasteiger partial charge in [0.1, 0.15) is 0 Å². The van der Waals surface area contributed by atoms with Crippen LogP contribution in [0.5, 0.6) is 0 Å². The van der Waals surface area contributed by atoms with E-state index in [4.69, 9.17) is 0 Å². The fourth-order valence-corrected chi connectivity index (χ4v) is 9.76. The van der Waals surface area contributed by atoms with Crippen LogP contribution >= 0.6 is 0 Å². The Balaban J connectivity index is 1.16. The highest BCUT2D eigenvalue weighted by Gasteiger charge is 2.39. The van der Waals surface area contributed by atoms with Crippen LogP contribution in [0.3, 0.4) is 0 Å². The van der Waals surface area contributed by atoms with Crippen molar-refractivity contribution in [3.63, 3.8) is 0 Å². The topological polar surface area (TPSA) is 3.24 Å². The Bertz CT molecular complexity index is 3210. The van der Waals surface area contributed by atoms with E-state index in [-0.39, 0.29) is 5.41 Å². The van der Waals surface area contributed by atoms with E-state index >= 15 is 0 Å². The van der Waals surface area contributed by atoms with Gasteiger partial charge in [0.05, 0.1) is 11.4 Å². The average molecular weight is 766 g/mol. The Labute approximate surface area is 352 Å². The summed E-state index contributed by atoms with van der Waals surface area (Å²) in [5, 5.41) is 5.02.